The fourth-order valence-electron chi connectivity index (χ4n) is 1.37. The number of carbonyl (C=O) groups is 3. The van der Waals surface area contributed by atoms with Crippen molar-refractivity contribution in [3.8, 4) is 0 Å². The summed E-state index contributed by atoms with van der Waals surface area (Å²) in [7, 11) is 0. The smallest absolute Gasteiger partial charge is 0.315 e. The molecule has 1 saturated carbocycles. The highest BCUT2D eigenvalue weighted by atomic mass is 16.4. The maximum atomic E-state index is 11.3. The molecule has 0 spiro atoms. The van der Waals surface area contributed by atoms with E-state index >= 15 is 0 Å². The highest BCUT2D eigenvalue weighted by Gasteiger charge is 2.23. The predicted octanol–water partition coefficient (Wildman–Crippen LogP) is -0.325. The molecular formula is C11H19N3O4. The van der Waals surface area contributed by atoms with E-state index in [-0.39, 0.29) is 37.4 Å². The van der Waals surface area contributed by atoms with Crippen LogP contribution in [0.2, 0.25) is 0 Å². The molecule has 0 radical (unpaired) electrons. The molecule has 18 heavy (non-hydrogen) atoms. The van der Waals surface area contributed by atoms with E-state index in [4.69, 9.17) is 5.11 Å². The van der Waals surface area contributed by atoms with Gasteiger partial charge in [-0.2, -0.15) is 0 Å². The second kappa shape index (κ2) is 6.83. The van der Waals surface area contributed by atoms with Gasteiger partial charge < -0.3 is 21.1 Å². The Hall–Kier alpha value is -1.79. The average Bonchev–Trinajstić information content (AvgIpc) is 3.06. The molecule has 1 fully saturated rings. The van der Waals surface area contributed by atoms with Gasteiger partial charge in [-0.15, -0.1) is 0 Å². The van der Waals surface area contributed by atoms with Crippen LogP contribution in [-0.4, -0.2) is 42.1 Å². The third-order valence-electron chi connectivity index (χ3n) is 2.49. The van der Waals surface area contributed by atoms with Gasteiger partial charge in [0.05, 0.1) is 6.54 Å². The van der Waals surface area contributed by atoms with Gasteiger partial charge >= 0.3 is 12.0 Å². The van der Waals surface area contributed by atoms with Crippen molar-refractivity contribution in [3.63, 3.8) is 0 Å². The number of carboxylic acids is 1. The Labute approximate surface area is 105 Å². The van der Waals surface area contributed by atoms with Crippen molar-refractivity contribution >= 4 is 17.9 Å². The number of urea groups is 1. The topological polar surface area (TPSA) is 108 Å². The third kappa shape index (κ3) is 6.72. The zero-order valence-corrected chi connectivity index (χ0v) is 10.4. The summed E-state index contributed by atoms with van der Waals surface area (Å²) in [6.45, 7) is 1.94. The van der Waals surface area contributed by atoms with E-state index in [9.17, 15) is 14.4 Å². The Morgan fingerprint density at radius 1 is 1.28 bits per heavy atom. The molecule has 0 aliphatic heterocycles. The lowest BCUT2D eigenvalue weighted by Crippen LogP contribution is -2.43. The quantitative estimate of drug-likeness (QED) is 0.501. The van der Waals surface area contributed by atoms with Gasteiger partial charge in [0.1, 0.15) is 0 Å². The fraction of sp³-hybridized carbons (Fsp3) is 0.727. The van der Waals surface area contributed by atoms with Gasteiger partial charge in [0, 0.05) is 19.0 Å². The summed E-state index contributed by atoms with van der Waals surface area (Å²) in [6, 6.07) is -0.184. The highest BCUT2D eigenvalue weighted by Crippen LogP contribution is 2.18. The largest absolute Gasteiger partial charge is 0.481 e. The van der Waals surface area contributed by atoms with Crippen LogP contribution in [0.4, 0.5) is 4.79 Å². The Bertz CT molecular complexity index is 328. The Balaban J connectivity index is 2.05. The number of rotatable bonds is 7. The first kappa shape index (κ1) is 14.3. The van der Waals surface area contributed by atoms with Crippen LogP contribution in [0, 0.1) is 5.92 Å². The average molecular weight is 257 g/mol. The number of amides is 3. The summed E-state index contributed by atoms with van der Waals surface area (Å²) >= 11 is 0. The maximum absolute atomic E-state index is 11.3. The van der Waals surface area contributed by atoms with E-state index in [2.05, 4.69) is 16.0 Å². The summed E-state index contributed by atoms with van der Waals surface area (Å²) in [4.78, 5) is 32.9. The van der Waals surface area contributed by atoms with E-state index in [1.165, 1.54) is 0 Å². The van der Waals surface area contributed by atoms with Crippen molar-refractivity contribution in [2.24, 2.45) is 5.92 Å². The number of aliphatic carboxylic acids is 1. The molecule has 7 nitrogen and oxygen atoms in total. The molecule has 0 bridgehead atoms. The molecule has 1 unspecified atom stereocenters. The molecule has 0 aromatic heterocycles. The Morgan fingerprint density at radius 2 is 1.94 bits per heavy atom. The first-order valence-corrected chi connectivity index (χ1v) is 6.00. The predicted molar refractivity (Wildman–Crippen MR) is 64.0 cm³/mol. The summed E-state index contributed by atoms with van der Waals surface area (Å²) in [5, 5.41) is 16.2. The zero-order valence-electron chi connectivity index (χ0n) is 10.4. The summed E-state index contributed by atoms with van der Waals surface area (Å²) < 4.78 is 0. The molecule has 102 valence electrons. The minimum atomic E-state index is -0.895. The number of hydrogen-bond acceptors (Lipinski definition) is 3. The van der Waals surface area contributed by atoms with E-state index < -0.39 is 12.0 Å². The molecular weight excluding hydrogens is 238 g/mol. The van der Waals surface area contributed by atoms with Crippen molar-refractivity contribution in [2.45, 2.75) is 32.2 Å². The molecule has 7 heteroatoms. The normalized spacial score (nSPS) is 15.6. The number of carboxylic acid groups (broad SMARTS) is 1. The maximum Gasteiger partial charge on any atom is 0.315 e. The highest BCUT2D eigenvalue weighted by molar-refractivity contribution is 5.84. The molecule has 1 rings (SSSR count). The van der Waals surface area contributed by atoms with Crippen LogP contribution in [0.25, 0.3) is 0 Å². The van der Waals surface area contributed by atoms with Gasteiger partial charge in [-0.25, -0.2) is 4.79 Å². The second-order valence-electron chi connectivity index (χ2n) is 4.61. The van der Waals surface area contributed by atoms with Gasteiger partial charge in [0.2, 0.25) is 5.91 Å². The van der Waals surface area contributed by atoms with Crippen molar-refractivity contribution in [1.82, 2.24) is 16.0 Å². The van der Waals surface area contributed by atoms with Crippen LogP contribution in [0.5, 0.6) is 0 Å². The van der Waals surface area contributed by atoms with E-state index in [0.717, 1.165) is 12.8 Å². The van der Waals surface area contributed by atoms with Crippen LogP contribution in [0.3, 0.4) is 0 Å². The van der Waals surface area contributed by atoms with E-state index in [0.29, 0.717) is 0 Å². The lowest BCUT2D eigenvalue weighted by molar-refractivity contribution is -0.137. The first-order chi connectivity index (χ1) is 8.47. The van der Waals surface area contributed by atoms with Gasteiger partial charge in [-0.3, -0.25) is 9.59 Å². The first-order valence-electron chi connectivity index (χ1n) is 6.00. The van der Waals surface area contributed by atoms with Crippen LogP contribution in [0.1, 0.15) is 26.2 Å². The van der Waals surface area contributed by atoms with Gasteiger partial charge in [0.25, 0.3) is 0 Å². The summed E-state index contributed by atoms with van der Waals surface area (Å²) in [5.74, 6) is -1.24. The lowest BCUT2D eigenvalue weighted by Gasteiger charge is -2.11. The molecule has 0 aromatic carbocycles. The number of carbonyl (C=O) groups excluding carboxylic acids is 2. The van der Waals surface area contributed by atoms with E-state index in [1.807, 2.05) is 0 Å². The zero-order chi connectivity index (χ0) is 13.5. The molecule has 1 aliphatic carbocycles. The van der Waals surface area contributed by atoms with Crippen LogP contribution >= 0.6 is 0 Å². The second-order valence-corrected chi connectivity index (χ2v) is 4.61. The summed E-state index contributed by atoms with van der Waals surface area (Å²) in [5.41, 5.74) is 0. The molecule has 3 amide bonds. The number of nitrogens with one attached hydrogen (secondary N) is 3. The van der Waals surface area contributed by atoms with Crippen LogP contribution in [0.15, 0.2) is 0 Å². The molecule has 0 aromatic rings. The SMILES string of the molecule is CC(CNC(=O)NCC(=O)NC1CC1)CC(=O)O. The summed E-state index contributed by atoms with van der Waals surface area (Å²) in [6.07, 6.45) is 2.01. The minimum absolute atomic E-state index is 0.00243. The fourth-order valence-corrected chi connectivity index (χ4v) is 1.37. The third-order valence-corrected chi connectivity index (χ3v) is 2.49. The molecule has 0 heterocycles. The van der Waals surface area contributed by atoms with Crippen LogP contribution < -0.4 is 16.0 Å². The molecule has 4 N–H and O–H groups in total. The van der Waals surface area contributed by atoms with Crippen molar-refractivity contribution in [2.75, 3.05) is 13.1 Å². The standard InChI is InChI=1S/C11H19N3O4/c1-7(4-10(16)17)5-12-11(18)13-6-9(15)14-8-2-3-8/h7-8H,2-6H2,1H3,(H,14,15)(H,16,17)(H2,12,13,18). The van der Waals surface area contributed by atoms with Crippen molar-refractivity contribution in [3.05, 3.63) is 0 Å². The van der Waals surface area contributed by atoms with Crippen molar-refractivity contribution in [1.29, 1.82) is 0 Å². The Kier molecular flexibility index (Phi) is 5.41. The lowest BCUT2D eigenvalue weighted by atomic mass is 10.1. The Morgan fingerprint density at radius 3 is 2.50 bits per heavy atom. The number of hydrogen-bond donors (Lipinski definition) is 4. The minimum Gasteiger partial charge on any atom is -0.481 e. The monoisotopic (exact) mass is 257 g/mol. The molecule has 0 saturated heterocycles. The van der Waals surface area contributed by atoms with Crippen LogP contribution in [-0.2, 0) is 9.59 Å². The van der Waals surface area contributed by atoms with Crippen molar-refractivity contribution < 1.29 is 19.5 Å². The van der Waals surface area contributed by atoms with Gasteiger partial charge in [-0.05, 0) is 18.8 Å². The van der Waals surface area contributed by atoms with Gasteiger partial charge in [0.15, 0.2) is 0 Å². The molecule has 1 atom stereocenters. The van der Waals surface area contributed by atoms with Gasteiger partial charge in [-0.1, -0.05) is 6.92 Å². The van der Waals surface area contributed by atoms with E-state index in [1.54, 1.807) is 6.92 Å². The molecule has 1 aliphatic rings.